The standard InChI is InChI=1S/C16H19F2N5O/c17-16(18)23-8-4-14(20-23)15(24)22-7-2-6-21(9-10-22)12-13-3-1-5-19-11-13/h1,3-5,8,11,16H,2,6-7,9-10,12H2. The lowest BCUT2D eigenvalue weighted by molar-refractivity contribution is 0.0552. The molecule has 3 heterocycles. The third-order valence-corrected chi connectivity index (χ3v) is 4.03. The van der Waals surface area contributed by atoms with E-state index in [9.17, 15) is 13.6 Å². The number of carbonyl (C=O) groups excluding carboxylic acids is 1. The molecule has 0 radical (unpaired) electrons. The molecular weight excluding hydrogens is 316 g/mol. The van der Waals surface area contributed by atoms with Crippen molar-refractivity contribution in [3.63, 3.8) is 0 Å². The lowest BCUT2D eigenvalue weighted by Gasteiger charge is -2.21. The Morgan fingerprint density at radius 3 is 2.79 bits per heavy atom. The average Bonchev–Trinajstić information content (AvgIpc) is 2.97. The van der Waals surface area contributed by atoms with Crippen molar-refractivity contribution in [1.29, 1.82) is 0 Å². The van der Waals surface area contributed by atoms with Crippen LogP contribution >= 0.6 is 0 Å². The first-order valence-corrected chi connectivity index (χ1v) is 7.87. The highest BCUT2D eigenvalue weighted by molar-refractivity contribution is 5.92. The summed E-state index contributed by atoms with van der Waals surface area (Å²) in [6.07, 6.45) is 5.54. The van der Waals surface area contributed by atoms with Crippen LogP contribution in [-0.2, 0) is 6.54 Å². The van der Waals surface area contributed by atoms with Crippen molar-refractivity contribution in [1.82, 2.24) is 24.6 Å². The Kier molecular flexibility index (Phi) is 5.14. The van der Waals surface area contributed by atoms with Gasteiger partial charge in [-0.3, -0.25) is 14.7 Å². The Morgan fingerprint density at radius 2 is 2.08 bits per heavy atom. The van der Waals surface area contributed by atoms with Crippen molar-refractivity contribution in [2.75, 3.05) is 26.2 Å². The maximum absolute atomic E-state index is 12.6. The van der Waals surface area contributed by atoms with Crippen LogP contribution in [0.3, 0.4) is 0 Å². The fraction of sp³-hybridized carbons (Fsp3) is 0.438. The molecule has 0 unspecified atom stereocenters. The van der Waals surface area contributed by atoms with Crippen LogP contribution in [0.15, 0.2) is 36.8 Å². The molecule has 0 N–H and O–H groups in total. The first-order chi connectivity index (χ1) is 11.6. The fourth-order valence-electron chi connectivity index (χ4n) is 2.80. The minimum atomic E-state index is -2.73. The second-order valence-corrected chi connectivity index (χ2v) is 5.74. The lowest BCUT2D eigenvalue weighted by Crippen LogP contribution is -2.35. The molecule has 6 nitrogen and oxygen atoms in total. The molecule has 2 aromatic heterocycles. The fourth-order valence-corrected chi connectivity index (χ4v) is 2.80. The number of aromatic nitrogens is 3. The number of alkyl halides is 2. The maximum atomic E-state index is 12.6. The third kappa shape index (κ3) is 3.94. The molecule has 24 heavy (non-hydrogen) atoms. The predicted molar refractivity (Wildman–Crippen MR) is 83.5 cm³/mol. The topological polar surface area (TPSA) is 54.3 Å². The normalized spacial score (nSPS) is 16.4. The monoisotopic (exact) mass is 335 g/mol. The van der Waals surface area contributed by atoms with Crippen LogP contribution in [0.1, 0.15) is 29.0 Å². The minimum absolute atomic E-state index is 0.0657. The van der Waals surface area contributed by atoms with Crippen LogP contribution in [0.2, 0.25) is 0 Å². The van der Waals surface area contributed by atoms with Gasteiger partial charge in [-0.25, -0.2) is 4.68 Å². The summed E-state index contributed by atoms with van der Waals surface area (Å²) in [5.41, 5.74) is 1.20. The molecule has 0 atom stereocenters. The van der Waals surface area contributed by atoms with Gasteiger partial charge in [0.15, 0.2) is 5.69 Å². The highest BCUT2D eigenvalue weighted by Crippen LogP contribution is 2.13. The molecule has 0 aliphatic carbocycles. The van der Waals surface area contributed by atoms with Gasteiger partial charge < -0.3 is 4.90 Å². The summed E-state index contributed by atoms with van der Waals surface area (Å²) < 4.78 is 25.6. The number of rotatable bonds is 4. The molecular formula is C16H19F2N5O. The Balaban J connectivity index is 1.59. The first-order valence-electron chi connectivity index (χ1n) is 7.87. The van der Waals surface area contributed by atoms with Gasteiger partial charge in [-0.15, -0.1) is 0 Å². The molecule has 8 heteroatoms. The zero-order valence-corrected chi connectivity index (χ0v) is 13.2. The van der Waals surface area contributed by atoms with E-state index < -0.39 is 6.55 Å². The van der Waals surface area contributed by atoms with Crippen LogP contribution in [0.25, 0.3) is 0 Å². The highest BCUT2D eigenvalue weighted by atomic mass is 19.3. The van der Waals surface area contributed by atoms with E-state index >= 15 is 0 Å². The number of pyridine rings is 1. The number of hydrogen-bond donors (Lipinski definition) is 0. The third-order valence-electron chi connectivity index (χ3n) is 4.03. The Bertz CT molecular complexity index is 676. The average molecular weight is 335 g/mol. The first kappa shape index (κ1) is 16.5. The smallest absolute Gasteiger partial charge is 0.333 e. The van der Waals surface area contributed by atoms with Crippen molar-refractivity contribution in [3.8, 4) is 0 Å². The van der Waals surface area contributed by atoms with Crippen molar-refractivity contribution in [2.24, 2.45) is 0 Å². The van der Waals surface area contributed by atoms with E-state index in [1.165, 1.54) is 6.07 Å². The second-order valence-electron chi connectivity index (χ2n) is 5.74. The zero-order chi connectivity index (χ0) is 16.9. The highest BCUT2D eigenvalue weighted by Gasteiger charge is 2.22. The maximum Gasteiger partial charge on any atom is 0.333 e. The molecule has 1 amide bonds. The molecule has 3 rings (SSSR count). The molecule has 0 aromatic carbocycles. The molecule has 1 aliphatic rings. The van der Waals surface area contributed by atoms with Gasteiger partial charge in [-0.1, -0.05) is 6.07 Å². The van der Waals surface area contributed by atoms with Gasteiger partial charge in [-0.05, 0) is 24.1 Å². The summed E-state index contributed by atoms with van der Waals surface area (Å²) in [4.78, 5) is 20.5. The lowest BCUT2D eigenvalue weighted by atomic mass is 10.2. The Morgan fingerprint density at radius 1 is 1.21 bits per heavy atom. The zero-order valence-electron chi connectivity index (χ0n) is 13.2. The van der Waals surface area contributed by atoms with Crippen LogP contribution < -0.4 is 0 Å². The quantitative estimate of drug-likeness (QED) is 0.858. The van der Waals surface area contributed by atoms with Gasteiger partial charge in [-0.2, -0.15) is 13.9 Å². The molecule has 1 saturated heterocycles. The summed E-state index contributed by atoms with van der Waals surface area (Å²) >= 11 is 0. The number of halogens is 2. The van der Waals surface area contributed by atoms with E-state index in [4.69, 9.17) is 0 Å². The molecule has 2 aromatic rings. The number of amides is 1. The van der Waals surface area contributed by atoms with Crippen molar-refractivity contribution >= 4 is 5.91 Å². The molecule has 1 aliphatic heterocycles. The van der Waals surface area contributed by atoms with E-state index in [-0.39, 0.29) is 11.6 Å². The number of hydrogen-bond acceptors (Lipinski definition) is 4. The van der Waals surface area contributed by atoms with E-state index in [2.05, 4.69) is 15.0 Å². The van der Waals surface area contributed by atoms with Gasteiger partial charge >= 0.3 is 6.55 Å². The van der Waals surface area contributed by atoms with Crippen LogP contribution in [0.4, 0.5) is 8.78 Å². The second kappa shape index (κ2) is 7.48. The molecule has 128 valence electrons. The van der Waals surface area contributed by atoms with Crippen LogP contribution in [0.5, 0.6) is 0 Å². The van der Waals surface area contributed by atoms with Crippen LogP contribution in [0, 0.1) is 0 Å². The van der Waals surface area contributed by atoms with E-state index in [0.717, 1.165) is 37.8 Å². The summed E-state index contributed by atoms with van der Waals surface area (Å²) in [5, 5.41) is 3.66. The van der Waals surface area contributed by atoms with Gasteiger partial charge in [0.25, 0.3) is 5.91 Å². The van der Waals surface area contributed by atoms with Gasteiger partial charge in [0.05, 0.1) is 0 Å². The Hall–Kier alpha value is -2.35. The van der Waals surface area contributed by atoms with Crippen LogP contribution in [-0.4, -0.2) is 56.7 Å². The molecule has 0 spiro atoms. The summed E-state index contributed by atoms with van der Waals surface area (Å²) in [5.74, 6) is -0.294. The van der Waals surface area contributed by atoms with E-state index in [1.807, 2.05) is 18.3 Å². The van der Waals surface area contributed by atoms with Gasteiger partial charge in [0.2, 0.25) is 0 Å². The molecule has 0 saturated carbocycles. The molecule has 1 fully saturated rings. The van der Waals surface area contributed by atoms with Gasteiger partial charge in [0.1, 0.15) is 0 Å². The number of nitrogens with zero attached hydrogens (tertiary/aromatic N) is 5. The van der Waals surface area contributed by atoms with Crippen molar-refractivity contribution in [2.45, 2.75) is 19.5 Å². The molecule has 0 bridgehead atoms. The summed E-state index contributed by atoms with van der Waals surface area (Å²) in [7, 11) is 0. The minimum Gasteiger partial charge on any atom is -0.336 e. The summed E-state index contributed by atoms with van der Waals surface area (Å²) in [6.45, 7) is 0.825. The van der Waals surface area contributed by atoms with E-state index in [0.29, 0.717) is 17.8 Å². The SMILES string of the molecule is O=C(c1ccn(C(F)F)n1)N1CCCN(Cc2cccnc2)CC1. The Labute approximate surface area is 138 Å². The van der Waals surface area contributed by atoms with Gasteiger partial charge in [0, 0.05) is 51.3 Å². The van der Waals surface area contributed by atoms with E-state index in [1.54, 1.807) is 11.1 Å². The largest absolute Gasteiger partial charge is 0.336 e. The summed E-state index contributed by atoms with van der Waals surface area (Å²) in [6, 6.07) is 5.27. The predicted octanol–water partition coefficient (Wildman–Crippen LogP) is 2.02. The van der Waals surface area contributed by atoms with Crippen molar-refractivity contribution < 1.29 is 13.6 Å². The number of carbonyl (C=O) groups is 1. The van der Waals surface area contributed by atoms with Crippen molar-refractivity contribution in [3.05, 3.63) is 48.0 Å².